The van der Waals surface area contributed by atoms with Gasteiger partial charge in [-0.2, -0.15) is 9.97 Å². The molecular weight excluding hydrogens is 458 g/mol. The predicted molar refractivity (Wildman–Crippen MR) is 125 cm³/mol. The molecular formula is C23H24F2N8O2. The molecule has 35 heavy (non-hydrogen) atoms. The SMILES string of the molecule is CNc1cc(F)c(F)c2c1[nH]c1nc(Oc3cnc([C@@H](C)O)nc3)nc(N3C4[C@@H](C)[C@H](N)C[C@@H]43)c12. The maximum atomic E-state index is 15.1. The summed E-state index contributed by atoms with van der Waals surface area (Å²) in [6.07, 6.45) is 2.79. The van der Waals surface area contributed by atoms with Gasteiger partial charge in [-0.05, 0) is 19.3 Å². The second-order valence-electron chi connectivity index (χ2n) is 9.18. The van der Waals surface area contributed by atoms with Crippen LogP contribution in [-0.2, 0) is 0 Å². The number of hydrogen-bond donors (Lipinski definition) is 4. The fourth-order valence-electron chi connectivity index (χ4n) is 5.19. The number of nitrogens with one attached hydrogen (secondary N) is 2. The molecule has 0 amide bonds. The number of nitrogens with zero attached hydrogens (tertiary/aromatic N) is 5. The molecule has 1 aliphatic carbocycles. The van der Waals surface area contributed by atoms with E-state index < -0.39 is 17.7 Å². The highest BCUT2D eigenvalue weighted by Crippen LogP contribution is 2.51. The van der Waals surface area contributed by atoms with Gasteiger partial charge in [0.05, 0.1) is 46.5 Å². The molecule has 1 aromatic carbocycles. The van der Waals surface area contributed by atoms with Crippen molar-refractivity contribution in [2.24, 2.45) is 11.7 Å². The zero-order valence-corrected chi connectivity index (χ0v) is 19.3. The Balaban J connectivity index is 1.52. The van der Waals surface area contributed by atoms with Gasteiger partial charge in [-0.25, -0.2) is 18.7 Å². The molecule has 5 N–H and O–H groups in total. The van der Waals surface area contributed by atoms with Gasteiger partial charge in [-0.1, -0.05) is 6.92 Å². The molecule has 12 heteroatoms. The molecule has 1 saturated heterocycles. The molecule has 5 atom stereocenters. The fourth-order valence-corrected chi connectivity index (χ4v) is 5.19. The molecule has 182 valence electrons. The summed E-state index contributed by atoms with van der Waals surface area (Å²) >= 11 is 0. The lowest BCUT2D eigenvalue weighted by atomic mass is 10.1. The highest BCUT2D eigenvalue weighted by molar-refractivity contribution is 6.15. The van der Waals surface area contributed by atoms with Gasteiger partial charge in [-0.15, -0.1) is 0 Å². The number of H-pyrrole nitrogens is 1. The van der Waals surface area contributed by atoms with E-state index in [-0.39, 0.29) is 47.0 Å². The summed E-state index contributed by atoms with van der Waals surface area (Å²) in [7, 11) is 1.63. The molecule has 1 unspecified atom stereocenters. The molecule has 0 radical (unpaired) electrons. The zero-order valence-electron chi connectivity index (χ0n) is 19.3. The second kappa shape index (κ2) is 7.68. The quantitative estimate of drug-likeness (QED) is 0.316. The average Bonchev–Trinajstić information content (AvgIpc) is 3.27. The van der Waals surface area contributed by atoms with Crippen LogP contribution >= 0.6 is 0 Å². The summed E-state index contributed by atoms with van der Waals surface area (Å²) in [5.74, 6) is -0.739. The van der Waals surface area contributed by atoms with Crippen molar-refractivity contribution in [3.63, 3.8) is 0 Å². The summed E-state index contributed by atoms with van der Waals surface area (Å²) in [6.45, 7) is 3.64. The van der Waals surface area contributed by atoms with Crippen molar-refractivity contribution >= 4 is 33.4 Å². The first-order chi connectivity index (χ1) is 16.8. The van der Waals surface area contributed by atoms with E-state index in [1.807, 2.05) is 0 Å². The standard InChI is InChI=1S/C23H24F2N8O2/c1-8-12(26)5-14-19(8)33(14)22-16-15-17(25)11(24)4-13(27-3)18(15)30-21(16)31-23(32-22)35-10-6-28-20(9(2)34)29-7-10/h4,6-9,12,14,19,27,34H,5,26H2,1-3H3,(H,30,31,32)/t8-,9+,12+,14-,19?,33?/m0/s1. The van der Waals surface area contributed by atoms with Gasteiger partial charge in [-0.3, -0.25) is 0 Å². The van der Waals surface area contributed by atoms with Crippen molar-refractivity contribution in [1.82, 2.24) is 24.9 Å². The number of anilines is 2. The van der Waals surface area contributed by atoms with Gasteiger partial charge in [0.25, 0.3) is 0 Å². The Hall–Kier alpha value is -3.64. The Bertz CT molecular complexity index is 1460. The number of aromatic nitrogens is 5. The number of ether oxygens (including phenoxy) is 1. The van der Waals surface area contributed by atoms with Gasteiger partial charge in [0.1, 0.15) is 17.6 Å². The van der Waals surface area contributed by atoms with Gasteiger partial charge in [0.15, 0.2) is 23.2 Å². The Labute approximate surface area is 198 Å². The van der Waals surface area contributed by atoms with Crippen LogP contribution in [-0.4, -0.2) is 55.2 Å². The first-order valence-electron chi connectivity index (χ1n) is 11.4. The Morgan fingerprint density at radius 1 is 1.26 bits per heavy atom. The number of aliphatic hydroxyl groups excluding tert-OH is 1. The van der Waals surface area contributed by atoms with Crippen molar-refractivity contribution in [2.45, 2.75) is 44.5 Å². The number of hydrogen-bond acceptors (Lipinski definition) is 9. The average molecular weight is 482 g/mol. The minimum atomic E-state index is -0.970. The van der Waals surface area contributed by atoms with Crippen molar-refractivity contribution in [2.75, 3.05) is 17.3 Å². The van der Waals surface area contributed by atoms with E-state index in [2.05, 4.69) is 42.1 Å². The summed E-state index contributed by atoms with van der Waals surface area (Å²) in [5, 5.41) is 13.0. The third-order valence-electron chi connectivity index (χ3n) is 7.04. The topological polar surface area (TPSA) is 138 Å². The Kier molecular flexibility index (Phi) is 4.80. The lowest BCUT2D eigenvalue weighted by Gasteiger charge is -2.19. The van der Waals surface area contributed by atoms with Crippen LogP contribution in [0.1, 0.15) is 32.2 Å². The van der Waals surface area contributed by atoms with E-state index >= 15 is 4.39 Å². The van der Waals surface area contributed by atoms with Crippen LogP contribution in [0.5, 0.6) is 11.8 Å². The molecule has 0 spiro atoms. The van der Waals surface area contributed by atoms with Crippen LogP contribution in [0.15, 0.2) is 18.5 Å². The molecule has 1 saturated carbocycles. The minimum absolute atomic E-state index is 0.00117. The number of piperidine rings is 1. The normalized spacial score (nSPS) is 24.1. The van der Waals surface area contributed by atoms with E-state index in [0.29, 0.717) is 28.1 Å². The number of aliphatic hydroxyl groups is 1. The molecule has 2 fully saturated rings. The molecule has 4 heterocycles. The highest BCUT2D eigenvalue weighted by Gasteiger charge is 2.59. The van der Waals surface area contributed by atoms with Crippen LogP contribution < -0.4 is 20.7 Å². The van der Waals surface area contributed by atoms with Crippen molar-refractivity contribution in [3.8, 4) is 11.8 Å². The largest absolute Gasteiger partial charge is 0.421 e. The van der Waals surface area contributed by atoms with Crippen molar-refractivity contribution < 1.29 is 18.6 Å². The van der Waals surface area contributed by atoms with E-state index in [4.69, 9.17) is 10.5 Å². The second-order valence-corrected chi connectivity index (χ2v) is 9.18. The predicted octanol–water partition coefficient (Wildman–Crippen LogP) is 2.99. The number of benzene rings is 1. The van der Waals surface area contributed by atoms with Gasteiger partial charge in [0.2, 0.25) is 0 Å². The fraction of sp³-hybridized carbons (Fsp3) is 0.391. The molecule has 0 bridgehead atoms. The van der Waals surface area contributed by atoms with Crippen LogP contribution in [0.4, 0.5) is 20.3 Å². The molecule has 2 aliphatic rings. The highest BCUT2D eigenvalue weighted by atomic mass is 19.2. The summed E-state index contributed by atoms with van der Waals surface area (Å²) in [6, 6.07) is 1.49. The Morgan fingerprint density at radius 3 is 2.63 bits per heavy atom. The number of halogens is 2. The maximum Gasteiger partial charge on any atom is 0.326 e. The summed E-state index contributed by atoms with van der Waals surface area (Å²) < 4.78 is 35.5. The lowest BCUT2D eigenvalue weighted by Crippen LogP contribution is -2.31. The number of nitrogens with two attached hydrogens (primary N) is 1. The zero-order chi connectivity index (χ0) is 24.6. The van der Waals surface area contributed by atoms with Crippen LogP contribution in [0.25, 0.3) is 21.9 Å². The molecule has 4 aromatic rings. The van der Waals surface area contributed by atoms with Gasteiger partial charge >= 0.3 is 6.01 Å². The van der Waals surface area contributed by atoms with E-state index in [0.717, 1.165) is 12.5 Å². The van der Waals surface area contributed by atoms with Crippen molar-refractivity contribution in [1.29, 1.82) is 0 Å². The van der Waals surface area contributed by atoms with Crippen LogP contribution in [0.2, 0.25) is 0 Å². The van der Waals surface area contributed by atoms with Gasteiger partial charge < -0.3 is 30.8 Å². The van der Waals surface area contributed by atoms with E-state index in [1.54, 1.807) is 14.0 Å². The third-order valence-corrected chi connectivity index (χ3v) is 7.04. The molecule has 10 nitrogen and oxygen atoms in total. The van der Waals surface area contributed by atoms with Crippen LogP contribution in [0.3, 0.4) is 0 Å². The summed E-state index contributed by atoms with van der Waals surface area (Å²) in [5.41, 5.74) is 7.32. The monoisotopic (exact) mass is 482 g/mol. The minimum Gasteiger partial charge on any atom is -0.421 e. The smallest absolute Gasteiger partial charge is 0.326 e. The summed E-state index contributed by atoms with van der Waals surface area (Å²) in [4.78, 5) is 22.4. The molecule has 3 aromatic heterocycles. The van der Waals surface area contributed by atoms with Crippen molar-refractivity contribution in [3.05, 3.63) is 35.9 Å². The van der Waals surface area contributed by atoms with E-state index in [1.165, 1.54) is 12.4 Å². The third kappa shape index (κ3) is 3.27. The number of fused-ring (bicyclic) bond motifs is 4. The molecule has 1 aliphatic heterocycles. The number of aromatic amines is 1. The van der Waals surface area contributed by atoms with Crippen LogP contribution in [0, 0.1) is 17.6 Å². The first kappa shape index (κ1) is 21.9. The lowest BCUT2D eigenvalue weighted by molar-refractivity contribution is 0.188. The van der Waals surface area contributed by atoms with E-state index in [9.17, 15) is 9.50 Å². The molecule has 6 rings (SSSR count). The first-order valence-corrected chi connectivity index (χ1v) is 11.4. The Morgan fingerprint density at radius 2 is 2.00 bits per heavy atom. The number of rotatable bonds is 5. The maximum absolute atomic E-state index is 15.1. The van der Waals surface area contributed by atoms with Gasteiger partial charge in [0, 0.05) is 19.2 Å².